The minimum Gasteiger partial charge on any atom is -0.354 e. The van der Waals surface area contributed by atoms with Gasteiger partial charge in [-0.15, -0.1) is 0 Å². The van der Waals surface area contributed by atoms with Crippen LogP contribution >= 0.6 is 0 Å². The molecule has 1 fully saturated rings. The van der Waals surface area contributed by atoms with E-state index in [0.717, 1.165) is 13.0 Å². The molecule has 1 saturated carbocycles. The van der Waals surface area contributed by atoms with Gasteiger partial charge in [0.15, 0.2) is 0 Å². The molecule has 2 N–H and O–H groups in total. The van der Waals surface area contributed by atoms with Crippen LogP contribution < -0.4 is 10.6 Å². The van der Waals surface area contributed by atoms with Gasteiger partial charge in [0.05, 0.1) is 0 Å². The van der Waals surface area contributed by atoms with Crippen LogP contribution in [0, 0.1) is 0 Å². The molecule has 1 rings (SSSR count). The van der Waals surface area contributed by atoms with Crippen LogP contribution in [-0.2, 0) is 4.79 Å². The Kier molecular flexibility index (Phi) is 4.22. The van der Waals surface area contributed by atoms with Crippen LogP contribution in [0.2, 0.25) is 0 Å². The predicted molar refractivity (Wildman–Crippen MR) is 53.5 cm³/mol. The second-order valence-corrected chi connectivity index (χ2v) is 3.86. The second kappa shape index (κ2) is 5.22. The molecule has 1 aliphatic rings. The minimum atomic E-state index is 0.169. The van der Waals surface area contributed by atoms with Gasteiger partial charge in [0, 0.05) is 25.0 Å². The minimum absolute atomic E-state index is 0.169. The Hall–Kier alpha value is -0.570. The van der Waals surface area contributed by atoms with Gasteiger partial charge >= 0.3 is 0 Å². The van der Waals surface area contributed by atoms with E-state index in [4.69, 9.17) is 0 Å². The lowest BCUT2D eigenvalue weighted by Gasteiger charge is -2.11. The summed E-state index contributed by atoms with van der Waals surface area (Å²) in [7, 11) is 0. The molecule has 0 spiro atoms. The lowest BCUT2D eigenvalue weighted by molar-refractivity contribution is -0.121. The van der Waals surface area contributed by atoms with E-state index in [0.29, 0.717) is 18.5 Å². The van der Waals surface area contributed by atoms with Crippen LogP contribution in [0.5, 0.6) is 0 Å². The summed E-state index contributed by atoms with van der Waals surface area (Å²) in [4.78, 5) is 11.3. The number of hydrogen-bond acceptors (Lipinski definition) is 2. The van der Waals surface area contributed by atoms with Gasteiger partial charge in [0.1, 0.15) is 0 Å². The van der Waals surface area contributed by atoms with E-state index in [1.165, 1.54) is 12.8 Å². The highest BCUT2D eigenvalue weighted by molar-refractivity contribution is 5.76. The van der Waals surface area contributed by atoms with Gasteiger partial charge in [-0.05, 0) is 26.2 Å². The monoisotopic (exact) mass is 184 g/mol. The molecular formula is C10H20N2O. The molecule has 76 valence electrons. The Balaban J connectivity index is 1.96. The first kappa shape index (κ1) is 10.5. The molecule has 1 unspecified atom stereocenters. The highest BCUT2D eigenvalue weighted by atomic mass is 16.1. The molecule has 13 heavy (non-hydrogen) atoms. The molecule has 0 bridgehead atoms. The molecule has 0 aliphatic heterocycles. The summed E-state index contributed by atoms with van der Waals surface area (Å²) in [6.45, 7) is 4.94. The van der Waals surface area contributed by atoms with Gasteiger partial charge in [-0.2, -0.15) is 0 Å². The van der Waals surface area contributed by atoms with Crippen LogP contribution in [0.1, 0.15) is 39.5 Å². The Morgan fingerprint density at radius 2 is 2.23 bits per heavy atom. The zero-order valence-corrected chi connectivity index (χ0v) is 8.60. The van der Waals surface area contributed by atoms with Crippen LogP contribution in [0.15, 0.2) is 0 Å². The normalized spacial score (nSPS) is 18.3. The van der Waals surface area contributed by atoms with Crippen molar-refractivity contribution in [1.29, 1.82) is 0 Å². The van der Waals surface area contributed by atoms with Crippen LogP contribution in [0.3, 0.4) is 0 Å². The lowest BCUT2D eigenvalue weighted by Crippen LogP contribution is -2.34. The molecular weight excluding hydrogens is 164 g/mol. The maximum atomic E-state index is 11.3. The maximum Gasteiger partial charge on any atom is 0.221 e. The topological polar surface area (TPSA) is 41.1 Å². The van der Waals surface area contributed by atoms with E-state index in [-0.39, 0.29) is 5.91 Å². The Bertz CT molecular complexity index is 166. The zero-order chi connectivity index (χ0) is 9.68. The average molecular weight is 184 g/mol. The smallest absolute Gasteiger partial charge is 0.221 e. The summed E-state index contributed by atoms with van der Waals surface area (Å²) in [5.41, 5.74) is 0. The molecule has 0 aromatic rings. The molecule has 1 amide bonds. The number of amides is 1. The molecule has 1 atom stereocenters. The van der Waals surface area contributed by atoms with Crippen molar-refractivity contribution < 1.29 is 4.79 Å². The molecule has 3 nitrogen and oxygen atoms in total. The van der Waals surface area contributed by atoms with Gasteiger partial charge in [-0.25, -0.2) is 0 Å². The van der Waals surface area contributed by atoms with Gasteiger partial charge < -0.3 is 10.6 Å². The molecule has 3 heteroatoms. The molecule has 0 aromatic carbocycles. The zero-order valence-electron chi connectivity index (χ0n) is 8.60. The molecule has 0 radical (unpaired) electrons. The highest BCUT2D eigenvalue weighted by Crippen LogP contribution is 2.18. The summed E-state index contributed by atoms with van der Waals surface area (Å²) >= 11 is 0. The van der Waals surface area contributed by atoms with E-state index in [1.807, 2.05) is 6.92 Å². The van der Waals surface area contributed by atoms with Crippen molar-refractivity contribution in [3.05, 3.63) is 0 Å². The van der Waals surface area contributed by atoms with Crippen molar-refractivity contribution in [2.45, 2.75) is 51.6 Å². The first-order valence-electron chi connectivity index (χ1n) is 5.25. The van der Waals surface area contributed by atoms with Gasteiger partial charge in [-0.3, -0.25) is 4.79 Å². The van der Waals surface area contributed by atoms with E-state index in [1.54, 1.807) is 0 Å². The molecule has 0 saturated heterocycles. The van der Waals surface area contributed by atoms with Crippen LogP contribution in [-0.4, -0.2) is 24.5 Å². The Labute approximate surface area is 80.3 Å². The molecule has 1 aliphatic carbocycles. The third-order valence-electron chi connectivity index (χ3n) is 2.38. The van der Waals surface area contributed by atoms with E-state index in [2.05, 4.69) is 17.6 Å². The standard InChI is InChI=1S/C10H20N2O/c1-3-8(2)12-10(13)6-7-11-9-4-5-9/h8-9,11H,3-7H2,1-2H3,(H,12,13). The number of carbonyl (C=O) groups is 1. The van der Waals surface area contributed by atoms with Crippen molar-refractivity contribution in [1.82, 2.24) is 10.6 Å². The summed E-state index contributed by atoms with van der Waals surface area (Å²) < 4.78 is 0. The fraction of sp³-hybridized carbons (Fsp3) is 0.900. The van der Waals surface area contributed by atoms with Crippen molar-refractivity contribution in [2.75, 3.05) is 6.54 Å². The summed E-state index contributed by atoms with van der Waals surface area (Å²) in [5.74, 6) is 0.169. The van der Waals surface area contributed by atoms with Gasteiger partial charge in [0.2, 0.25) is 5.91 Å². The summed E-state index contributed by atoms with van der Waals surface area (Å²) in [6, 6.07) is 1.02. The fourth-order valence-corrected chi connectivity index (χ4v) is 1.13. The number of nitrogens with one attached hydrogen (secondary N) is 2. The average Bonchev–Trinajstić information content (AvgIpc) is 2.88. The van der Waals surface area contributed by atoms with E-state index >= 15 is 0 Å². The Morgan fingerprint density at radius 3 is 2.77 bits per heavy atom. The fourth-order valence-electron chi connectivity index (χ4n) is 1.13. The quantitative estimate of drug-likeness (QED) is 0.647. The maximum absolute atomic E-state index is 11.3. The van der Waals surface area contributed by atoms with E-state index < -0.39 is 0 Å². The SMILES string of the molecule is CCC(C)NC(=O)CCNC1CC1. The van der Waals surface area contributed by atoms with Crippen LogP contribution in [0.4, 0.5) is 0 Å². The first-order chi connectivity index (χ1) is 6.22. The van der Waals surface area contributed by atoms with Gasteiger partial charge in [-0.1, -0.05) is 6.92 Å². The largest absolute Gasteiger partial charge is 0.354 e. The van der Waals surface area contributed by atoms with Crippen molar-refractivity contribution in [3.8, 4) is 0 Å². The molecule has 0 aromatic heterocycles. The van der Waals surface area contributed by atoms with Crippen LogP contribution in [0.25, 0.3) is 0 Å². The van der Waals surface area contributed by atoms with Gasteiger partial charge in [0.25, 0.3) is 0 Å². The summed E-state index contributed by atoms with van der Waals surface area (Å²) in [6.07, 6.45) is 4.18. The van der Waals surface area contributed by atoms with Crippen molar-refractivity contribution in [2.24, 2.45) is 0 Å². The van der Waals surface area contributed by atoms with Crippen molar-refractivity contribution in [3.63, 3.8) is 0 Å². The molecule has 0 heterocycles. The number of carbonyl (C=O) groups excluding carboxylic acids is 1. The third kappa shape index (κ3) is 4.88. The third-order valence-corrected chi connectivity index (χ3v) is 2.38. The predicted octanol–water partition coefficient (Wildman–Crippen LogP) is 1.04. The second-order valence-electron chi connectivity index (χ2n) is 3.86. The first-order valence-corrected chi connectivity index (χ1v) is 5.25. The summed E-state index contributed by atoms with van der Waals surface area (Å²) in [5, 5.41) is 6.26. The van der Waals surface area contributed by atoms with Crippen molar-refractivity contribution >= 4 is 5.91 Å². The Morgan fingerprint density at radius 1 is 1.54 bits per heavy atom. The van der Waals surface area contributed by atoms with E-state index in [9.17, 15) is 4.79 Å². The highest BCUT2D eigenvalue weighted by Gasteiger charge is 2.20. The lowest BCUT2D eigenvalue weighted by atomic mass is 10.2. The number of rotatable bonds is 6. The number of hydrogen-bond donors (Lipinski definition) is 2.